The van der Waals surface area contributed by atoms with Gasteiger partial charge in [0, 0.05) is 5.88 Å². The van der Waals surface area contributed by atoms with Gasteiger partial charge in [0.2, 0.25) is 0 Å². The van der Waals surface area contributed by atoms with Crippen LogP contribution in [0.5, 0.6) is 0 Å². The van der Waals surface area contributed by atoms with Crippen LogP contribution in [0.2, 0.25) is 0 Å². The number of halogens is 1. The average molecular weight is 205 g/mol. The van der Waals surface area contributed by atoms with Crippen LogP contribution in [-0.4, -0.2) is 5.88 Å². The molecular weight excluding hydrogens is 180 g/mol. The molecule has 0 aliphatic heterocycles. The van der Waals surface area contributed by atoms with Gasteiger partial charge in [0.15, 0.2) is 0 Å². The van der Waals surface area contributed by atoms with Gasteiger partial charge in [-0.1, -0.05) is 58.8 Å². The lowest BCUT2D eigenvalue weighted by Crippen LogP contribution is -1.99. The number of hydrogen-bond donors (Lipinski definition) is 0. The monoisotopic (exact) mass is 204 g/mol. The van der Waals surface area contributed by atoms with Crippen LogP contribution in [0.15, 0.2) is 0 Å². The molecule has 0 nitrogen and oxygen atoms in total. The first kappa shape index (κ1) is 13.3. The molecule has 0 amide bonds. The van der Waals surface area contributed by atoms with Gasteiger partial charge in [0.05, 0.1) is 0 Å². The van der Waals surface area contributed by atoms with Gasteiger partial charge < -0.3 is 0 Å². The standard InChI is InChI=1S/C7H14.C5H11Cl/c1-7-5-3-2-4-6-7;1-2-3-4-5-6/h7H,2-6H2,1H3;2-5H2,1H3. The van der Waals surface area contributed by atoms with E-state index in [9.17, 15) is 0 Å². The SMILES string of the molecule is CC1CCCCC1.CCCCCCl. The Hall–Kier alpha value is 0.290. The van der Waals surface area contributed by atoms with Gasteiger partial charge in [-0.2, -0.15) is 0 Å². The fourth-order valence-electron chi connectivity index (χ4n) is 1.65. The minimum absolute atomic E-state index is 0.827. The summed E-state index contributed by atoms with van der Waals surface area (Å²) in [7, 11) is 0. The van der Waals surface area contributed by atoms with Crippen molar-refractivity contribution in [3.63, 3.8) is 0 Å². The topological polar surface area (TPSA) is 0 Å². The van der Waals surface area contributed by atoms with Crippen molar-refractivity contribution in [3.8, 4) is 0 Å². The Balaban J connectivity index is 0.000000226. The van der Waals surface area contributed by atoms with E-state index in [1.54, 1.807) is 0 Å². The van der Waals surface area contributed by atoms with Crippen molar-refractivity contribution >= 4 is 11.6 Å². The molecule has 1 aliphatic carbocycles. The molecule has 1 fully saturated rings. The van der Waals surface area contributed by atoms with Crippen molar-refractivity contribution in [1.82, 2.24) is 0 Å². The smallest absolute Gasteiger partial charge is 0.0223 e. The molecule has 0 heterocycles. The maximum atomic E-state index is 5.38. The molecule has 80 valence electrons. The maximum absolute atomic E-state index is 5.38. The first-order chi connectivity index (χ1) is 6.31. The van der Waals surface area contributed by atoms with Crippen LogP contribution in [0, 0.1) is 5.92 Å². The third-order valence-corrected chi connectivity index (χ3v) is 2.90. The Labute approximate surface area is 89.1 Å². The van der Waals surface area contributed by atoms with Crippen molar-refractivity contribution in [1.29, 1.82) is 0 Å². The summed E-state index contributed by atoms with van der Waals surface area (Å²) in [6.45, 7) is 4.53. The van der Waals surface area contributed by atoms with Crippen molar-refractivity contribution in [2.75, 3.05) is 5.88 Å². The molecule has 0 aromatic heterocycles. The average Bonchev–Trinajstić information content (AvgIpc) is 2.17. The number of rotatable bonds is 3. The lowest BCUT2D eigenvalue weighted by atomic mass is 9.91. The summed E-state index contributed by atoms with van der Waals surface area (Å²) in [6.07, 6.45) is 11.2. The Morgan fingerprint density at radius 1 is 1.08 bits per heavy atom. The summed E-state index contributed by atoms with van der Waals surface area (Å²) < 4.78 is 0. The van der Waals surface area contributed by atoms with E-state index in [1.807, 2.05) is 0 Å². The predicted octanol–water partition coefficient (Wildman–Crippen LogP) is 5.00. The van der Waals surface area contributed by atoms with Crippen molar-refractivity contribution in [2.45, 2.75) is 65.2 Å². The molecule has 0 bridgehead atoms. The first-order valence-corrected chi connectivity index (χ1v) is 6.40. The zero-order valence-corrected chi connectivity index (χ0v) is 10.1. The third-order valence-electron chi connectivity index (χ3n) is 2.63. The summed E-state index contributed by atoms with van der Waals surface area (Å²) in [6, 6.07) is 0. The van der Waals surface area contributed by atoms with Gasteiger partial charge in [-0.25, -0.2) is 0 Å². The largest absolute Gasteiger partial charge is 0.127 e. The van der Waals surface area contributed by atoms with Crippen LogP contribution in [0.25, 0.3) is 0 Å². The molecule has 1 heteroatoms. The van der Waals surface area contributed by atoms with Crippen LogP contribution in [0.1, 0.15) is 65.2 Å². The van der Waals surface area contributed by atoms with E-state index in [0.29, 0.717) is 0 Å². The molecule has 0 unspecified atom stereocenters. The van der Waals surface area contributed by atoms with E-state index < -0.39 is 0 Å². The number of unbranched alkanes of at least 4 members (excludes halogenated alkanes) is 2. The molecule has 0 saturated heterocycles. The van der Waals surface area contributed by atoms with E-state index in [-0.39, 0.29) is 0 Å². The van der Waals surface area contributed by atoms with Crippen LogP contribution in [-0.2, 0) is 0 Å². The van der Waals surface area contributed by atoms with Crippen LogP contribution in [0.3, 0.4) is 0 Å². The van der Waals surface area contributed by atoms with Crippen molar-refractivity contribution < 1.29 is 0 Å². The molecule has 0 N–H and O–H groups in total. The summed E-state index contributed by atoms with van der Waals surface area (Å²) >= 11 is 5.38. The van der Waals surface area contributed by atoms with Gasteiger partial charge in [0.1, 0.15) is 0 Å². The summed E-state index contributed by atoms with van der Waals surface area (Å²) in [5.74, 6) is 1.86. The molecule has 0 aromatic rings. The normalized spacial score (nSPS) is 17.8. The fraction of sp³-hybridized carbons (Fsp3) is 1.00. The molecule has 0 atom stereocenters. The molecule has 0 spiro atoms. The molecular formula is C12H25Cl. The Kier molecular flexibility index (Phi) is 10.6. The number of hydrogen-bond acceptors (Lipinski definition) is 0. The molecule has 1 rings (SSSR count). The second kappa shape index (κ2) is 10.4. The van der Waals surface area contributed by atoms with E-state index >= 15 is 0 Å². The minimum Gasteiger partial charge on any atom is -0.127 e. The minimum atomic E-state index is 0.827. The number of alkyl halides is 1. The van der Waals surface area contributed by atoms with Gasteiger partial charge in [-0.3, -0.25) is 0 Å². The zero-order chi connectivity index (χ0) is 9.94. The van der Waals surface area contributed by atoms with Crippen LogP contribution < -0.4 is 0 Å². The van der Waals surface area contributed by atoms with Crippen molar-refractivity contribution in [2.24, 2.45) is 5.92 Å². The zero-order valence-electron chi connectivity index (χ0n) is 9.32. The molecule has 1 aliphatic rings. The summed E-state index contributed by atoms with van der Waals surface area (Å²) in [5, 5.41) is 0. The molecule has 13 heavy (non-hydrogen) atoms. The molecule has 0 aromatic carbocycles. The second-order valence-corrected chi connectivity index (χ2v) is 4.52. The van der Waals surface area contributed by atoms with E-state index in [1.165, 1.54) is 51.4 Å². The second-order valence-electron chi connectivity index (χ2n) is 4.14. The van der Waals surface area contributed by atoms with Gasteiger partial charge in [-0.05, 0) is 12.3 Å². The Morgan fingerprint density at radius 3 is 1.92 bits per heavy atom. The summed E-state index contributed by atoms with van der Waals surface area (Å²) in [5.41, 5.74) is 0. The highest BCUT2D eigenvalue weighted by Gasteiger charge is 2.05. The quantitative estimate of drug-likeness (QED) is 0.448. The van der Waals surface area contributed by atoms with Gasteiger partial charge in [-0.15, -0.1) is 11.6 Å². The molecule has 1 saturated carbocycles. The maximum Gasteiger partial charge on any atom is 0.0223 e. The van der Waals surface area contributed by atoms with Crippen LogP contribution in [0.4, 0.5) is 0 Å². The highest BCUT2D eigenvalue weighted by atomic mass is 35.5. The third kappa shape index (κ3) is 10.2. The van der Waals surface area contributed by atoms with Gasteiger partial charge in [0.25, 0.3) is 0 Å². The first-order valence-electron chi connectivity index (χ1n) is 5.87. The predicted molar refractivity (Wildman–Crippen MR) is 62.5 cm³/mol. The Bertz CT molecular complexity index is 81.1. The van der Waals surface area contributed by atoms with Crippen LogP contribution >= 0.6 is 11.6 Å². The fourth-order valence-corrected chi connectivity index (χ4v) is 1.84. The lowest BCUT2D eigenvalue weighted by molar-refractivity contribution is 0.385. The highest BCUT2D eigenvalue weighted by Crippen LogP contribution is 2.22. The van der Waals surface area contributed by atoms with Crippen molar-refractivity contribution in [3.05, 3.63) is 0 Å². The Morgan fingerprint density at radius 2 is 1.69 bits per heavy atom. The highest BCUT2D eigenvalue weighted by molar-refractivity contribution is 6.17. The van der Waals surface area contributed by atoms with E-state index in [0.717, 1.165) is 11.8 Å². The summed E-state index contributed by atoms with van der Waals surface area (Å²) in [4.78, 5) is 0. The molecule has 0 radical (unpaired) electrons. The van der Waals surface area contributed by atoms with E-state index in [2.05, 4.69) is 13.8 Å². The van der Waals surface area contributed by atoms with Gasteiger partial charge >= 0.3 is 0 Å². The lowest BCUT2D eigenvalue weighted by Gasteiger charge is -2.15. The van der Waals surface area contributed by atoms with E-state index in [4.69, 9.17) is 11.6 Å².